The van der Waals surface area contributed by atoms with Crippen LogP contribution in [-0.2, 0) is 20.9 Å². The minimum atomic E-state index is -0.208. The Morgan fingerprint density at radius 2 is 2.14 bits per heavy atom. The molecule has 0 bridgehead atoms. The van der Waals surface area contributed by atoms with Crippen LogP contribution in [0.25, 0.3) is 0 Å². The highest BCUT2D eigenvalue weighted by atomic mass is 32.1. The maximum Gasteiger partial charge on any atom is 0.306 e. The Kier molecular flexibility index (Phi) is 7.85. The van der Waals surface area contributed by atoms with Crippen LogP contribution in [0, 0.1) is 11.8 Å². The number of carbonyl (C=O) groups is 1. The molecule has 2 atom stereocenters. The molecule has 0 aliphatic carbocycles. The molecule has 0 aliphatic heterocycles. The molecule has 0 spiro atoms. The van der Waals surface area contributed by atoms with E-state index in [-0.39, 0.29) is 24.6 Å². The molecule has 1 rings (SSSR count). The molecule has 0 radical (unpaired) electrons. The number of aromatic nitrogens is 1. The van der Waals surface area contributed by atoms with Gasteiger partial charge in [-0.05, 0) is 31.7 Å². The van der Waals surface area contributed by atoms with E-state index in [2.05, 4.69) is 18.8 Å². The van der Waals surface area contributed by atoms with Crippen LogP contribution in [0.5, 0.6) is 0 Å². The fraction of sp³-hybridized carbons (Fsp3) is 0.733. The van der Waals surface area contributed by atoms with Gasteiger partial charge in [0.25, 0.3) is 0 Å². The molecular weight excluding hydrogens is 288 g/mol. The van der Waals surface area contributed by atoms with Gasteiger partial charge in [0.1, 0.15) is 17.7 Å². The van der Waals surface area contributed by atoms with Gasteiger partial charge in [-0.3, -0.25) is 4.79 Å². The molecule has 1 heterocycles. The summed E-state index contributed by atoms with van der Waals surface area (Å²) < 4.78 is 10.5. The van der Waals surface area contributed by atoms with E-state index in [0.717, 1.165) is 17.1 Å². The highest BCUT2D eigenvalue weighted by molar-refractivity contribution is 7.09. The van der Waals surface area contributed by atoms with Gasteiger partial charge in [0, 0.05) is 18.9 Å². The van der Waals surface area contributed by atoms with Crippen molar-refractivity contribution in [3.05, 3.63) is 16.1 Å². The van der Waals surface area contributed by atoms with Crippen molar-refractivity contribution < 1.29 is 14.3 Å². The first-order valence-electron chi connectivity index (χ1n) is 7.29. The summed E-state index contributed by atoms with van der Waals surface area (Å²) in [5.74, 6) is 0.514. The summed E-state index contributed by atoms with van der Waals surface area (Å²) in [6.45, 7) is 6.92. The predicted molar refractivity (Wildman–Crippen MR) is 84.0 cm³/mol. The van der Waals surface area contributed by atoms with Crippen LogP contribution < -0.4 is 5.73 Å². The van der Waals surface area contributed by atoms with Gasteiger partial charge in [0.2, 0.25) is 0 Å². The number of esters is 1. The summed E-state index contributed by atoms with van der Waals surface area (Å²) in [7, 11) is 1.65. The Balaban J connectivity index is 2.40. The number of hydrogen-bond acceptors (Lipinski definition) is 6. The molecule has 0 aliphatic rings. The van der Waals surface area contributed by atoms with Crippen molar-refractivity contribution in [1.82, 2.24) is 4.98 Å². The van der Waals surface area contributed by atoms with Crippen LogP contribution in [0.1, 0.15) is 50.4 Å². The number of methoxy groups -OCH3 is 1. The van der Waals surface area contributed by atoms with Gasteiger partial charge in [0.15, 0.2) is 0 Å². The Morgan fingerprint density at radius 3 is 2.71 bits per heavy atom. The van der Waals surface area contributed by atoms with E-state index in [1.165, 1.54) is 11.3 Å². The van der Waals surface area contributed by atoms with Crippen molar-refractivity contribution >= 4 is 17.3 Å². The predicted octanol–water partition coefficient (Wildman–Crippen LogP) is 2.90. The zero-order valence-electron chi connectivity index (χ0n) is 13.3. The normalized spacial score (nSPS) is 14.2. The van der Waals surface area contributed by atoms with Crippen LogP contribution in [0.15, 0.2) is 5.38 Å². The Labute approximate surface area is 130 Å². The summed E-state index contributed by atoms with van der Waals surface area (Å²) in [6, 6.07) is 0. The van der Waals surface area contributed by atoms with Crippen molar-refractivity contribution in [1.29, 1.82) is 0 Å². The Bertz CT molecular complexity index is 434. The number of hydrogen-bond donors (Lipinski definition) is 1. The summed E-state index contributed by atoms with van der Waals surface area (Å²) in [4.78, 5) is 16.2. The van der Waals surface area contributed by atoms with Crippen LogP contribution in [-0.4, -0.2) is 24.6 Å². The average molecular weight is 314 g/mol. The number of carbonyl (C=O) groups excluding carboxylic acids is 1. The first kappa shape index (κ1) is 18.1. The maximum absolute atomic E-state index is 11.8. The molecule has 0 saturated heterocycles. The first-order chi connectivity index (χ1) is 9.96. The highest BCUT2D eigenvalue weighted by Gasteiger charge is 2.16. The number of nitrogens with two attached hydrogens (primary N) is 1. The summed E-state index contributed by atoms with van der Waals surface area (Å²) in [5, 5.41) is 2.79. The Hall–Kier alpha value is -0.980. The maximum atomic E-state index is 11.8. The molecule has 0 fully saturated rings. The molecular formula is C15H26N2O3S. The zero-order chi connectivity index (χ0) is 15.8. The number of rotatable bonds is 9. The molecule has 1 aromatic rings. The fourth-order valence-electron chi connectivity index (χ4n) is 2.06. The molecule has 2 N–H and O–H groups in total. The van der Waals surface area contributed by atoms with Crippen molar-refractivity contribution in [2.45, 2.75) is 46.3 Å². The van der Waals surface area contributed by atoms with Gasteiger partial charge >= 0.3 is 5.97 Å². The second-order valence-corrected chi connectivity index (χ2v) is 6.54. The lowest BCUT2D eigenvalue weighted by Gasteiger charge is -2.15. The number of thiazole rings is 1. The van der Waals surface area contributed by atoms with E-state index in [9.17, 15) is 4.79 Å². The van der Waals surface area contributed by atoms with Gasteiger partial charge in [-0.15, -0.1) is 11.3 Å². The molecule has 0 amide bonds. The first-order valence-corrected chi connectivity index (χ1v) is 8.17. The summed E-state index contributed by atoms with van der Waals surface area (Å²) in [5.41, 5.74) is 6.46. The van der Waals surface area contributed by atoms with E-state index in [0.29, 0.717) is 18.9 Å². The van der Waals surface area contributed by atoms with Crippen molar-refractivity contribution in [3.8, 4) is 0 Å². The SMILES string of the molecule is CO[C@@H](C)c1nc(COC(=O)C[C@@H](CN)CC(C)C)cs1. The fourth-order valence-corrected chi connectivity index (χ4v) is 2.89. The highest BCUT2D eigenvalue weighted by Crippen LogP contribution is 2.21. The second-order valence-electron chi connectivity index (χ2n) is 5.65. The molecule has 120 valence electrons. The third-order valence-corrected chi connectivity index (χ3v) is 4.30. The molecule has 0 unspecified atom stereocenters. The van der Waals surface area contributed by atoms with E-state index >= 15 is 0 Å². The standard InChI is InChI=1S/C15H26N2O3S/c1-10(2)5-12(7-16)6-14(18)20-8-13-9-21-15(17-13)11(3)19-4/h9-12H,5-8,16H2,1-4H3/t11-,12-/m0/s1. The van der Waals surface area contributed by atoms with Crippen LogP contribution in [0.3, 0.4) is 0 Å². The molecule has 0 aromatic carbocycles. The third kappa shape index (κ3) is 6.54. The average Bonchev–Trinajstić information content (AvgIpc) is 2.92. The lowest BCUT2D eigenvalue weighted by atomic mass is 9.94. The van der Waals surface area contributed by atoms with Gasteiger partial charge in [-0.2, -0.15) is 0 Å². The monoisotopic (exact) mass is 314 g/mol. The smallest absolute Gasteiger partial charge is 0.306 e. The van der Waals surface area contributed by atoms with Gasteiger partial charge in [-0.25, -0.2) is 4.98 Å². The topological polar surface area (TPSA) is 74.4 Å². The van der Waals surface area contributed by atoms with Crippen LogP contribution >= 0.6 is 11.3 Å². The zero-order valence-corrected chi connectivity index (χ0v) is 14.1. The van der Waals surface area contributed by atoms with Gasteiger partial charge < -0.3 is 15.2 Å². The molecule has 6 heteroatoms. The van der Waals surface area contributed by atoms with Crippen LogP contribution in [0.2, 0.25) is 0 Å². The quantitative estimate of drug-likeness (QED) is 0.709. The molecule has 21 heavy (non-hydrogen) atoms. The third-order valence-electron chi connectivity index (χ3n) is 3.25. The summed E-state index contributed by atoms with van der Waals surface area (Å²) >= 11 is 1.51. The number of ether oxygens (including phenoxy) is 2. The van der Waals surface area contributed by atoms with Crippen molar-refractivity contribution in [2.75, 3.05) is 13.7 Å². The molecule has 0 saturated carbocycles. The lowest BCUT2D eigenvalue weighted by Crippen LogP contribution is -2.21. The van der Waals surface area contributed by atoms with E-state index in [1.54, 1.807) is 7.11 Å². The van der Waals surface area contributed by atoms with Gasteiger partial charge in [-0.1, -0.05) is 13.8 Å². The molecule has 5 nitrogen and oxygen atoms in total. The lowest BCUT2D eigenvalue weighted by molar-refractivity contribution is -0.146. The summed E-state index contributed by atoms with van der Waals surface area (Å²) in [6.07, 6.45) is 1.28. The van der Waals surface area contributed by atoms with E-state index < -0.39 is 0 Å². The van der Waals surface area contributed by atoms with Crippen LogP contribution in [0.4, 0.5) is 0 Å². The largest absolute Gasteiger partial charge is 0.459 e. The Morgan fingerprint density at radius 1 is 1.43 bits per heavy atom. The minimum Gasteiger partial charge on any atom is -0.459 e. The van der Waals surface area contributed by atoms with E-state index in [4.69, 9.17) is 15.2 Å². The van der Waals surface area contributed by atoms with Crippen molar-refractivity contribution in [3.63, 3.8) is 0 Å². The molecule has 1 aromatic heterocycles. The number of nitrogens with zero attached hydrogens (tertiary/aromatic N) is 1. The minimum absolute atomic E-state index is 0.0351. The second kappa shape index (κ2) is 9.12. The van der Waals surface area contributed by atoms with Gasteiger partial charge in [0.05, 0.1) is 5.69 Å². The van der Waals surface area contributed by atoms with E-state index in [1.807, 2.05) is 12.3 Å². The van der Waals surface area contributed by atoms with Crippen molar-refractivity contribution in [2.24, 2.45) is 17.6 Å².